The number of rotatable bonds is 5. The normalized spacial score (nSPS) is 10.1. The van der Waals surface area contributed by atoms with E-state index in [1.54, 1.807) is 18.9 Å². The third-order valence-electron chi connectivity index (χ3n) is 2.53. The van der Waals surface area contributed by atoms with Crippen LogP contribution in [-0.2, 0) is 6.54 Å². The van der Waals surface area contributed by atoms with Crippen molar-refractivity contribution in [3.63, 3.8) is 0 Å². The minimum atomic E-state index is 0.646. The first-order chi connectivity index (χ1) is 8.81. The van der Waals surface area contributed by atoms with Crippen molar-refractivity contribution in [2.45, 2.75) is 11.4 Å². The Morgan fingerprint density at radius 3 is 2.83 bits per heavy atom. The van der Waals surface area contributed by atoms with Crippen LogP contribution in [0.25, 0.3) is 0 Å². The van der Waals surface area contributed by atoms with Gasteiger partial charge < -0.3 is 10.1 Å². The molecule has 18 heavy (non-hydrogen) atoms. The second-order valence-electron chi connectivity index (χ2n) is 3.76. The Bertz CT molecular complexity index is 469. The lowest BCUT2D eigenvalue weighted by molar-refractivity contribution is 0.396. The number of hydrogen-bond acceptors (Lipinski definition) is 4. The van der Waals surface area contributed by atoms with Crippen LogP contribution in [0.4, 0.5) is 5.69 Å². The molecule has 1 N–H and O–H groups in total. The minimum Gasteiger partial charge on any atom is -0.481 e. The molecule has 0 fully saturated rings. The number of aromatic nitrogens is 1. The summed E-state index contributed by atoms with van der Waals surface area (Å²) < 4.78 is 5.10. The largest absolute Gasteiger partial charge is 0.481 e. The van der Waals surface area contributed by atoms with Gasteiger partial charge in [0.05, 0.1) is 19.3 Å². The monoisotopic (exact) mass is 260 g/mol. The van der Waals surface area contributed by atoms with E-state index in [0.717, 1.165) is 11.4 Å². The molecule has 0 unspecified atom stereocenters. The van der Waals surface area contributed by atoms with Crippen LogP contribution in [0.3, 0.4) is 0 Å². The second-order valence-corrected chi connectivity index (χ2v) is 4.64. The average Bonchev–Trinajstić information content (AvgIpc) is 2.45. The summed E-state index contributed by atoms with van der Waals surface area (Å²) in [6, 6.07) is 14.1. The highest BCUT2D eigenvalue weighted by atomic mass is 32.2. The van der Waals surface area contributed by atoms with Gasteiger partial charge in [0.15, 0.2) is 0 Å². The molecule has 1 heterocycles. The van der Waals surface area contributed by atoms with Gasteiger partial charge >= 0.3 is 0 Å². The lowest BCUT2D eigenvalue weighted by atomic mass is 10.3. The van der Waals surface area contributed by atoms with E-state index in [0.29, 0.717) is 12.4 Å². The van der Waals surface area contributed by atoms with Crippen LogP contribution >= 0.6 is 11.8 Å². The fraction of sp³-hybridized carbons (Fsp3) is 0.214. The molecule has 1 aromatic carbocycles. The third-order valence-corrected chi connectivity index (χ3v) is 3.26. The molecule has 2 aromatic rings. The van der Waals surface area contributed by atoms with Crippen molar-refractivity contribution < 1.29 is 4.74 Å². The number of nitrogens with one attached hydrogen (secondary N) is 1. The number of anilines is 1. The summed E-state index contributed by atoms with van der Waals surface area (Å²) in [6.07, 6.45) is 2.07. The number of nitrogens with zero attached hydrogens (tertiary/aromatic N) is 1. The van der Waals surface area contributed by atoms with Crippen LogP contribution in [0.5, 0.6) is 5.88 Å². The summed E-state index contributed by atoms with van der Waals surface area (Å²) in [7, 11) is 1.63. The van der Waals surface area contributed by atoms with Crippen molar-refractivity contribution in [1.82, 2.24) is 4.98 Å². The van der Waals surface area contributed by atoms with Gasteiger partial charge in [-0.3, -0.25) is 0 Å². The smallest absolute Gasteiger partial charge is 0.213 e. The minimum absolute atomic E-state index is 0.646. The van der Waals surface area contributed by atoms with Crippen LogP contribution < -0.4 is 10.1 Å². The van der Waals surface area contributed by atoms with Crippen molar-refractivity contribution in [2.75, 3.05) is 18.7 Å². The Morgan fingerprint density at radius 1 is 1.22 bits per heavy atom. The van der Waals surface area contributed by atoms with Gasteiger partial charge in [-0.25, -0.2) is 4.98 Å². The van der Waals surface area contributed by atoms with Crippen molar-refractivity contribution >= 4 is 17.4 Å². The Hall–Kier alpha value is -1.68. The quantitative estimate of drug-likeness (QED) is 0.835. The molecule has 0 saturated carbocycles. The highest BCUT2D eigenvalue weighted by Crippen LogP contribution is 2.19. The Kier molecular flexibility index (Phi) is 4.47. The fourth-order valence-corrected chi connectivity index (χ4v) is 2.05. The summed E-state index contributed by atoms with van der Waals surface area (Å²) >= 11 is 1.74. The molecule has 1 aromatic heterocycles. The van der Waals surface area contributed by atoms with Crippen LogP contribution in [0.15, 0.2) is 47.4 Å². The predicted octanol–water partition coefficient (Wildman–Crippen LogP) is 3.42. The van der Waals surface area contributed by atoms with Crippen LogP contribution in [-0.4, -0.2) is 18.3 Å². The van der Waals surface area contributed by atoms with E-state index in [-0.39, 0.29) is 0 Å². The molecule has 0 spiro atoms. The lowest BCUT2D eigenvalue weighted by Crippen LogP contribution is -2.02. The molecule has 94 valence electrons. The SMILES string of the molecule is COc1cccc(CNc2cccc(SC)c2)n1. The van der Waals surface area contributed by atoms with Gasteiger partial charge in [0.25, 0.3) is 0 Å². The number of pyridine rings is 1. The molecular formula is C14H16N2OS. The predicted molar refractivity (Wildman–Crippen MR) is 76.3 cm³/mol. The zero-order valence-electron chi connectivity index (χ0n) is 10.5. The van der Waals surface area contributed by atoms with E-state index in [1.165, 1.54) is 4.90 Å². The number of ether oxygens (including phenoxy) is 1. The number of benzene rings is 1. The number of methoxy groups -OCH3 is 1. The first-order valence-electron chi connectivity index (χ1n) is 5.69. The summed E-state index contributed by atoms with van der Waals surface area (Å²) in [6.45, 7) is 0.690. The van der Waals surface area contributed by atoms with Gasteiger partial charge in [-0.15, -0.1) is 11.8 Å². The van der Waals surface area contributed by atoms with Gasteiger partial charge in [0, 0.05) is 16.6 Å². The highest BCUT2D eigenvalue weighted by molar-refractivity contribution is 7.98. The first-order valence-corrected chi connectivity index (χ1v) is 6.92. The number of thioether (sulfide) groups is 1. The van der Waals surface area contributed by atoms with Crippen LogP contribution in [0.1, 0.15) is 5.69 Å². The van der Waals surface area contributed by atoms with Gasteiger partial charge in [0.1, 0.15) is 0 Å². The highest BCUT2D eigenvalue weighted by Gasteiger charge is 1.98. The molecule has 3 nitrogen and oxygen atoms in total. The van der Waals surface area contributed by atoms with Crippen molar-refractivity contribution in [3.05, 3.63) is 48.2 Å². The molecule has 0 atom stereocenters. The molecule has 0 aliphatic carbocycles. The van der Waals surface area contributed by atoms with Gasteiger partial charge in [-0.1, -0.05) is 12.1 Å². The zero-order chi connectivity index (χ0) is 12.8. The molecule has 0 saturated heterocycles. The summed E-state index contributed by atoms with van der Waals surface area (Å²) in [5.74, 6) is 0.646. The molecule has 0 radical (unpaired) electrons. The van der Waals surface area contributed by atoms with Gasteiger partial charge in [-0.05, 0) is 30.5 Å². The topological polar surface area (TPSA) is 34.1 Å². The molecular weight excluding hydrogens is 244 g/mol. The molecule has 4 heteroatoms. The van der Waals surface area contributed by atoms with Crippen molar-refractivity contribution in [1.29, 1.82) is 0 Å². The Labute approximate surface area is 112 Å². The standard InChI is InChI=1S/C14H16N2OS/c1-17-14-8-4-6-12(16-14)10-15-11-5-3-7-13(9-11)18-2/h3-9,15H,10H2,1-2H3. The maximum absolute atomic E-state index is 5.10. The molecule has 2 rings (SSSR count). The molecule has 0 aliphatic heterocycles. The summed E-state index contributed by atoms with van der Waals surface area (Å²) in [5.41, 5.74) is 2.07. The maximum Gasteiger partial charge on any atom is 0.213 e. The van der Waals surface area contributed by atoms with E-state index in [4.69, 9.17) is 4.74 Å². The third kappa shape index (κ3) is 3.40. The zero-order valence-corrected chi connectivity index (χ0v) is 11.3. The fourth-order valence-electron chi connectivity index (χ4n) is 1.60. The van der Waals surface area contributed by atoms with E-state index in [9.17, 15) is 0 Å². The Balaban J connectivity index is 2.01. The van der Waals surface area contributed by atoms with Crippen LogP contribution in [0.2, 0.25) is 0 Å². The lowest BCUT2D eigenvalue weighted by Gasteiger charge is -2.08. The first kappa shape index (κ1) is 12.8. The number of hydrogen-bond donors (Lipinski definition) is 1. The van der Waals surface area contributed by atoms with Gasteiger partial charge in [-0.2, -0.15) is 0 Å². The Morgan fingerprint density at radius 2 is 2.06 bits per heavy atom. The molecule has 0 amide bonds. The van der Waals surface area contributed by atoms with E-state index < -0.39 is 0 Å². The maximum atomic E-state index is 5.10. The molecule has 0 aliphatic rings. The summed E-state index contributed by atoms with van der Waals surface area (Å²) in [4.78, 5) is 5.61. The average molecular weight is 260 g/mol. The van der Waals surface area contributed by atoms with E-state index in [1.807, 2.05) is 24.3 Å². The van der Waals surface area contributed by atoms with E-state index >= 15 is 0 Å². The van der Waals surface area contributed by atoms with E-state index in [2.05, 4.69) is 34.8 Å². The van der Waals surface area contributed by atoms with Gasteiger partial charge in [0.2, 0.25) is 5.88 Å². The van der Waals surface area contributed by atoms with Crippen molar-refractivity contribution in [2.24, 2.45) is 0 Å². The molecule has 0 bridgehead atoms. The second kappa shape index (κ2) is 6.31. The van der Waals surface area contributed by atoms with Crippen LogP contribution in [0, 0.1) is 0 Å². The van der Waals surface area contributed by atoms with Crippen molar-refractivity contribution in [3.8, 4) is 5.88 Å². The summed E-state index contributed by atoms with van der Waals surface area (Å²) in [5, 5.41) is 3.36.